The number of hydrogen-bond acceptors (Lipinski definition) is 0. The molecule has 0 aromatic heterocycles. The molecule has 0 bridgehead atoms. The standard InChI is InChI=1S/C11H17.CH3.Hf/c1-4-9-7-8-10(5-2)11(9)6-3;;/h7-8H,4-6H2,1-3H3;1H3;/q2*-1;. The summed E-state index contributed by atoms with van der Waals surface area (Å²) in [6, 6.07) is 4.55. The number of rotatable bonds is 3. The normalized spacial score (nSPS) is 8.85. The van der Waals surface area contributed by atoms with Crippen molar-refractivity contribution < 1.29 is 25.8 Å². The van der Waals surface area contributed by atoms with Crippen molar-refractivity contribution in [2.24, 2.45) is 0 Å². The molecular formula is C12H20Hf-2. The van der Waals surface area contributed by atoms with Crippen molar-refractivity contribution in [3.63, 3.8) is 0 Å². The summed E-state index contributed by atoms with van der Waals surface area (Å²) >= 11 is 0. The van der Waals surface area contributed by atoms with E-state index in [0.717, 1.165) is 0 Å². The Balaban J connectivity index is 0. The number of hydrogen-bond donors (Lipinski definition) is 0. The minimum atomic E-state index is 0. The molecule has 0 saturated carbocycles. The maximum atomic E-state index is 2.28. The molecule has 0 N–H and O–H groups in total. The summed E-state index contributed by atoms with van der Waals surface area (Å²) in [5, 5.41) is 0. The second-order valence-electron chi connectivity index (χ2n) is 2.92. The summed E-state index contributed by atoms with van der Waals surface area (Å²) in [5.41, 5.74) is 4.68. The Morgan fingerprint density at radius 3 is 2.15 bits per heavy atom. The van der Waals surface area contributed by atoms with Gasteiger partial charge in [0.25, 0.3) is 0 Å². The van der Waals surface area contributed by atoms with E-state index in [0.29, 0.717) is 0 Å². The zero-order valence-corrected chi connectivity index (χ0v) is 12.9. The van der Waals surface area contributed by atoms with Gasteiger partial charge in [0, 0.05) is 25.8 Å². The molecule has 0 aliphatic rings. The maximum Gasteiger partial charge on any atom is 0 e. The van der Waals surface area contributed by atoms with Crippen LogP contribution in [-0.4, -0.2) is 0 Å². The fourth-order valence-corrected chi connectivity index (χ4v) is 1.73. The Labute approximate surface area is 102 Å². The van der Waals surface area contributed by atoms with Crippen LogP contribution in [0.1, 0.15) is 37.5 Å². The van der Waals surface area contributed by atoms with Crippen molar-refractivity contribution in [3.8, 4) is 0 Å². The summed E-state index contributed by atoms with van der Waals surface area (Å²) in [4.78, 5) is 0. The average molecular weight is 343 g/mol. The summed E-state index contributed by atoms with van der Waals surface area (Å²) in [5.74, 6) is 0. The van der Waals surface area contributed by atoms with E-state index >= 15 is 0 Å². The average Bonchev–Trinajstić information content (AvgIpc) is 2.45. The monoisotopic (exact) mass is 344 g/mol. The summed E-state index contributed by atoms with van der Waals surface area (Å²) in [6.45, 7) is 6.70. The van der Waals surface area contributed by atoms with Crippen molar-refractivity contribution >= 4 is 0 Å². The Morgan fingerprint density at radius 2 is 1.77 bits per heavy atom. The second-order valence-corrected chi connectivity index (χ2v) is 2.92. The fraction of sp³-hybridized carbons (Fsp3) is 0.500. The summed E-state index contributed by atoms with van der Waals surface area (Å²) in [6.07, 6.45) is 3.56. The SMILES string of the molecule is CCc1cc[c-](CC)c1CC.[CH3-].[Hf]. The molecule has 0 aliphatic heterocycles. The zero-order valence-electron chi connectivity index (χ0n) is 9.28. The van der Waals surface area contributed by atoms with Crippen LogP contribution in [0.4, 0.5) is 0 Å². The van der Waals surface area contributed by atoms with Crippen LogP contribution >= 0.6 is 0 Å². The van der Waals surface area contributed by atoms with E-state index in [4.69, 9.17) is 0 Å². The molecule has 1 rings (SSSR count). The molecule has 0 radical (unpaired) electrons. The van der Waals surface area contributed by atoms with E-state index in [2.05, 4.69) is 32.9 Å². The van der Waals surface area contributed by atoms with Gasteiger partial charge in [-0.05, 0) is 0 Å². The summed E-state index contributed by atoms with van der Waals surface area (Å²) in [7, 11) is 0. The van der Waals surface area contributed by atoms with E-state index in [1.807, 2.05) is 0 Å². The van der Waals surface area contributed by atoms with Crippen LogP contribution in [0.5, 0.6) is 0 Å². The molecule has 0 fully saturated rings. The van der Waals surface area contributed by atoms with E-state index in [1.54, 1.807) is 16.7 Å². The van der Waals surface area contributed by atoms with Crippen LogP contribution in [0.25, 0.3) is 0 Å². The van der Waals surface area contributed by atoms with E-state index in [1.165, 1.54) is 19.3 Å². The topological polar surface area (TPSA) is 0 Å². The Morgan fingerprint density at radius 1 is 1.15 bits per heavy atom. The molecule has 1 heteroatoms. The smallest absolute Gasteiger partial charge is 0 e. The number of aryl methyl sites for hydroxylation is 2. The molecule has 0 aliphatic carbocycles. The third kappa shape index (κ3) is 3.46. The predicted molar refractivity (Wildman–Crippen MR) is 56.6 cm³/mol. The van der Waals surface area contributed by atoms with Crippen LogP contribution in [0.3, 0.4) is 0 Å². The first-order valence-electron chi connectivity index (χ1n) is 4.59. The zero-order chi connectivity index (χ0) is 8.27. The van der Waals surface area contributed by atoms with E-state index in [-0.39, 0.29) is 33.3 Å². The van der Waals surface area contributed by atoms with Gasteiger partial charge < -0.3 is 7.43 Å². The molecule has 1 aromatic rings. The first kappa shape index (κ1) is 15.7. The molecule has 0 amide bonds. The molecule has 0 nitrogen and oxygen atoms in total. The van der Waals surface area contributed by atoms with Gasteiger partial charge in [-0.15, -0.1) is 0 Å². The van der Waals surface area contributed by atoms with Gasteiger partial charge in [-0.2, -0.15) is 22.8 Å². The largest absolute Gasteiger partial charge is 0.358 e. The molecule has 0 unspecified atom stereocenters. The fourth-order valence-electron chi connectivity index (χ4n) is 1.73. The minimum Gasteiger partial charge on any atom is -0.358 e. The molecular weight excluding hydrogens is 323 g/mol. The van der Waals surface area contributed by atoms with Gasteiger partial charge >= 0.3 is 0 Å². The van der Waals surface area contributed by atoms with Crippen molar-refractivity contribution in [3.05, 3.63) is 36.2 Å². The predicted octanol–water partition coefficient (Wildman–Crippen LogP) is 3.54. The molecule has 0 saturated heterocycles. The molecule has 0 atom stereocenters. The van der Waals surface area contributed by atoms with Gasteiger partial charge in [-0.3, -0.25) is 0 Å². The van der Waals surface area contributed by atoms with E-state index in [9.17, 15) is 0 Å². The van der Waals surface area contributed by atoms with Crippen LogP contribution in [0.15, 0.2) is 12.1 Å². The third-order valence-corrected chi connectivity index (χ3v) is 2.38. The van der Waals surface area contributed by atoms with Crippen LogP contribution < -0.4 is 0 Å². The van der Waals surface area contributed by atoms with Crippen molar-refractivity contribution in [2.75, 3.05) is 0 Å². The van der Waals surface area contributed by atoms with Crippen LogP contribution in [-0.2, 0) is 45.1 Å². The quantitative estimate of drug-likeness (QED) is 0.582. The Hall–Kier alpha value is 0.220. The maximum absolute atomic E-state index is 2.28. The van der Waals surface area contributed by atoms with Crippen molar-refractivity contribution in [2.45, 2.75) is 40.0 Å². The van der Waals surface area contributed by atoms with Crippen molar-refractivity contribution in [1.29, 1.82) is 0 Å². The van der Waals surface area contributed by atoms with E-state index < -0.39 is 0 Å². The van der Waals surface area contributed by atoms with Crippen LogP contribution in [0, 0.1) is 7.43 Å². The first-order valence-corrected chi connectivity index (χ1v) is 4.59. The van der Waals surface area contributed by atoms with Gasteiger partial charge in [-0.1, -0.05) is 40.0 Å². The Kier molecular flexibility index (Phi) is 9.18. The molecule has 0 heterocycles. The molecule has 13 heavy (non-hydrogen) atoms. The van der Waals surface area contributed by atoms with Gasteiger partial charge in [-0.25, -0.2) is 6.07 Å². The van der Waals surface area contributed by atoms with Gasteiger partial charge in [0.15, 0.2) is 0 Å². The molecule has 74 valence electrons. The first-order chi connectivity index (χ1) is 5.33. The van der Waals surface area contributed by atoms with Gasteiger partial charge in [0.1, 0.15) is 0 Å². The summed E-state index contributed by atoms with van der Waals surface area (Å²) < 4.78 is 0. The van der Waals surface area contributed by atoms with Gasteiger partial charge in [0.2, 0.25) is 0 Å². The molecule has 0 spiro atoms. The Bertz CT molecular complexity index is 202. The second kappa shape index (κ2) is 7.61. The van der Waals surface area contributed by atoms with Gasteiger partial charge in [0.05, 0.1) is 0 Å². The van der Waals surface area contributed by atoms with Crippen molar-refractivity contribution in [1.82, 2.24) is 0 Å². The third-order valence-electron chi connectivity index (χ3n) is 2.38. The minimum absolute atomic E-state index is 0. The van der Waals surface area contributed by atoms with Crippen LogP contribution in [0.2, 0.25) is 0 Å². The molecule has 1 aromatic carbocycles.